The maximum Gasteiger partial charge on any atom is 0.352 e. The van der Waals surface area contributed by atoms with Crippen molar-refractivity contribution < 1.29 is 14.3 Å². The summed E-state index contributed by atoms with van der Waals surface area (Å²) in [4.78, 5) is 18.1. The smallest absolute Gasteiger partial charge is 0.352 e. The minimum atomic E-state index is -1.03. The van der Waals surface area contributed by atoms with Gasteiger partial charge in [-0.3, -0.25) is 4.98 Å². The third-order valence-corrected chi connectivity index (χ3v) is 3.90. The SMILES string of the molecule is O=C(O)c1cc2ccnc(Cc3ccc(I)cc3F)c2[nH]1. The van der Waals surface area contributed by atoms with Crippen LogP contribution in [0.25, 0.3) is 10.9 Å². The number of pyridine rings is 1. The zero-order valence-corrected chi connectivity index (χ0v) is 12.9. The number of carboxylic acids is 1. The van der Waals surface area contributed by atoms with Crippen LogP contribution in [0.15, 0.2) is 36.5 Å². The fourth-order valence-electron chi connectivity index (χ4n) is 2.21. The van der Waals surface area contributed by atoms with E-state index in [1.807, 2.05) is 6.07 Å². The van der Waals surface area contributed by atoms with Crippen molar-refractivity contribution in [1.82, 2.24) is 9.97 Å². The fraction of sp³-hybridized carbons (Fsp3) is 0.0667. The summed E-state index contributed by atoms with van der Waals surface area (Å²) < 4.78 is 14.8. The van der Waals surface area contributed by atoms with E-state index in [-0.39, 0.29) is 11.5 Å². The van der Waals surface area contributed by atoms with E-state index in [4.69, 9.17) is 5.11 Å². The van der Waals surface area contributed by atoms with Gasteiger partial charge in [-0.25, -0.2) is 9.18 Å². The molecule has 21 heavy (non-hydrogen) atoms. The molecule has 0 aliphatic rings. The van der Waals surface area contributed by atoms with Crippen LogP contribution in [0.2, 0.25) is 0 Å². The van der Waals surface area contributed by atoms with Crippen molar-refractivity contribution in [2.75, 3.05) is 0 Å². The van der Waals surface area contributed by atoms with Gasteiger partial charge in [-0.2, -0.15) is 0 Å². The molecule has 0 saturated heterocycles. The van der Waals surface area contributed by atoms with Crippen LogP contribution < -0.4 is 0 Å². The highest BCUT2D eigenvalue weighted by Crippen LogP contribution is 2.22. The summed E-state index contributed by atoms with van der Waals surface area (Å²) in [7, 11) is 0. The molecule has 0 spiro atoms. The summed E-state index contributed by atoms with van der Waals surface area (Å²) in [5.41, 5.74) is 1.89. The second kappa shape index (κ2) is 5.44. The number of hydrogen-bond acceptors (Lipinski definition) is 2. The van der Waals surface area contributed by atoms with Gasteiger partial charge < -0.3 is 10.1 Å². The molecule has 106 valence electrons. The summed E-state index contributed by atoms with van der Waals surface area (Å²) in [6, 6.07) is 8.29. The molecule has 4 nitrogen and oxygen atoms in total. The molecule has 0 amide bonds. The number of benzene rings is 1. The number of H-pyrrole nitrogens is 1. The van der Waals surface area contributed by atoms with Crippen LogP contribution >= 0.6 is 22.6 Å². The third kappa shape index (κ3) is 2.76. The van der Waals surface area contributed by atoms with Crippen LogP contribution in [-0.2, 0) is 6.42 Å². The minimum absolute atomic E-state index is 0.0994. The van der Waals surface area contributed by atoms with E-state index in [0.717, 1.165) is 8.96 Å². The summed E-state index contributed by atoms with van der Waals surface area (Å²) in [6.45, 7) is 0. The first-order chi connectivity index (χ1) is 10.0. The molecular weight excluding hydrogens is 386 g/mol. The van der Waals surface area contributed by atoms with Crippen LogP contribution in [0.5, 0.6) is 0 Å². The van der Waals surface area contributed by atoms with Crippen molar-refractivity contribution in [1.29, 1.82) is 0 Å². The number of aromatic carboxylic acids is 1. The highest BCUT2D eigenvalue weighted by molar-refractivity contribution is 14.1. The molecule has 3 aromatic rings. The third-order valence-electron chi connectivity index (χ3n) is 3.22. The Bertz CT molecular complexity index is 845. The zero-order valence-electron chi connectivity index (χ0n) is 10.7. The van der Waals surface area contributed by atoms with Crippen molar-refractivity contribution >= 4 is 39.5 Å². The first-order valence-electron chi connectivity index (χ1n) is 6.18. The molecule has 2 heterocycles. The molecule has 0 radical (unpaired) electrons. The van der Waals surface area contributed by atoms with Gasteiger partial charge in [0.1, 0.15) is 11.5 Å². The van der Waals surface area contributed by atoms with Gasteiger partial charge in [-0.15, -0.1) is 0 Å². The van der Waals surface area contributed by atoms with E-state index < -0.39 is 5.97 Å². The zero-order chi connectivity index (χ0) is 15.0. The predicted molar refractivity (Wildman–Crippen MR) is 85.0 cm³/mol. The van der Waals surface area contributed by atoms with Gasteiger partial charge in [0.2, 0.25) is 0 Å². The molecular formula is C15H10FIN2O2. The first kappa shape index (κ1) is 14.0. The van der Waals surface area contributed by atoms with E-state index in [1.165, 1.54) is 6.07 Å². The van der Waals surface area contributed by atoms with Crippen molar-refractivity contribution in [3.05, 3.63) is 62.9 Å². The normalized spacial score (nSPS) is 11.0. The Labute approximate surface area is 133 Å². The quantitative estimate of drug-likeness (QED) is 0.665. The Balaban J connectivity index is 2.06. The van der Waals surface area contributed by atoms with Crippen LogP contribution in [0.3, 0.4) is 0 Å². The molecule has 2 N–H and O–H groups in total. The Morgan fingerprint density at radius 3 is 2.86 bits per heavy atom. The summed E-state index contributed by atoms with van der Waals surface area (Å²) in [5.74, 6) is -1.32. The van der Waals surface area contributed by atoms with Crippen molar-refractivity contribution in [2.24, 2.45) is 0 Å². The molecule has 0 bridgehead atoms. The van der Waals surface area contributed by atoms with Crippen molar-refractivity contribution in [3.63, 3.8) is 0 Å². The molecule has 6 heteroatoms. The van der Waals surface area contributed by atoms with Crippen LogP contribution in [0.1, 0.15) is 21.7 Å². The monoisotopic (exact) mass is 396 g/mol. The second-order valence-corrected chi connectivity index (χ2v) is 5.87. The first-order valence-corrected chi connectivity index (χ1v) is 7.26. The average Bonchev–Trinajstić information content (AvgIpc) is 2.87. The van der Waals surface area contributed by atoms with Gasteiger partial charge in [0, 0.05) is 21.6 Å². The van der Waals surface area contributed by atoms with Gasteiger partial charge in [0.15, 0.2) is 0 Å². The van der Waals surface area contributed by atoms with E-state index >= 15 is 0 Å². The number of carbonyl (C=O) groups is 1. The molecule has 1 aromatic carbocycles. The van der Waals surface area contributed by atoms with Crippen molar-refractivity contribution in [2.45, 2.75) is 6.42 Å². The van der Waals surface area contributed by atoms with Crippen LogP contribution in [-0.4, -0.2) is 21.0 Å². The lowest BCUT2D eigenvalue weighted by atomic mass is 10.1. The summed E-state index contributed by atoms with van der Waals surface area (Å²) in [5, 5.41) is 9.78. The molecule has 3 rings (SSSR count). The van der Waals surface area contributed by atoms with E-state index in [2.05, 4.69) is 32.6 Å². The maximum absolute atomic E-state index is 13.9. The molecule has 2 aromatic heterocycles. The Kier molecular flexibility index (Phi) is 3.62. The van der Waals surface area contributed by atoms with Gasteiger partial charge in [0.05, 0.1) is 11.2 Å². The van der Waals surface area contributed by atoms with Crippen LogP contribution in [0, 0.1) is 9.39 Å². The number of halogens is 2. The second-order valence-electron chi connectivity index (χ2n) is 4.62. The number of nitrogens with zero attached hydrogens (tertiary/aromatic N) is 1. The number of fused-ring (bicyclic) bond motifs is 1. The average molecular weight is 396 g/mol. The Hall–Kier alpha value is -1.96. The highest BCUT2D eigenvalue weighted by atomic mass is 127. The topological polar surface area (TPSA) is 66.0 Å². The molecule has 0 fully saturated rings. The lowest BCUT2D eigenvalue weighted by molar-refractivity contribution is 0.0691. The predicted octanol–water partition coefficient (Wildman–Crippen LogP) is 3.60. The van der Waals surface area contributed by atoms with Gasteiger partial charge in [-0.05, 0) is 52.4 Å². The summed E-state index contributed by atoms with van der Waals surface area (Å²) in [6.07, 6.45) is 1.90. The van der Waals surface area contributed by atoms with Crippen molar-refractivity contribution in [3.8, 4) is 0 Å². The molecule has 0 saturated carbocycles. The molecule has 0 unspecified atom stereocenters. The standard InChI is InChI=1S/C15H10FIN2O2/c16-11-7-10(17)2-1-8(11)5-12-14-9(3-4-18-12)6-13(19-14)15(20)21/h1-4,6-7,19H,5H2,(H,20,21). The number of carboxylic acid groups (broad SMARTS) is 1. The lowest BCUT2D eigenvalue weighted by Crippen LogP contribution is -1.98. The van der Waals surface area contributed by atoms with Crippen LogP contribution in [0.4, 0.5) is 4.39 Å². The van der Waals surface area contributed by atoms with E-state index in [0.29, 0.717) is 23.2 Å². The largest absolute Gasteiger partial charge is 0.477 e. The van der Waals surface area contributed by atoms with E-state index in [9.17, 15) is 9.18 Å². The molecule has 0 aliphatic carbocycles. The summed E-state index contributed by atoms with van der Waals surface area (Å²) >= 11 is 2.05. The molecule has 0 aliphatic heterocycles. The Morgan fingerprint density at radius 2 is 2.14 bits per heavy atom. The maximum atomic E-state index is 13.9. The number of aromatic nitrogens is 2. The highest BCUT2D eigenvalue weighted by Gasteiger charge is 2.13. The number of aromatic amines is 1. The Morgan fingerprint density at radius 1 is 1.33 bits per heavy atom. The number of hydrogen-bond donors (Lipinski definition) is 2. The lowest BCUT2D eigenvalue weighted by Gasteiger charge is -2.05. The van der Waals surface area contributed by atoms with Gasteiger partial charge in [-0.1, -0.05) is 6.07 Å². The van der Waals surface area contributed by atoms with E-state index in [1.54, 1.807) is 24.4 Å². The van der Waals surface area contributed by atoms with Gasteiger partial charge >= 0.3 is 5.97 Å². The van der Waals surface area contributed by atoms with Gasteiger partial charge in [0.25, 0.3) is 0 Å². The number of nitrogens with one attached hydrogen (secondary N) is 1. The fourth-order valence-corrected chi connectivity index (χ4v) is 2.66. The number of rotatable bonds is 3. The minimum Gasteiger partial charge on any atom is -0.477 e. The molecule has 0 atom stereocenters.